The second kappa shape index (κ2) is 6.31. The molecule has 0 aliphatic rings. The van der Waals surface area contributed by atoms with Gasteiger partial charge in [-0.1, -0.05) is 0 Å². The molecule has 21 heavy (non-hydrogen) atoms. The second-order valence-corrected chi connectivity index (χ2v) is 5.24. The average molecular weight is 306 g/mol. The average Bonchev–Trinajstić information content (AvgIpc) is 2.91. The molecule has 0 bridgehead atoms. The molecule has 8 heteroatoms. The molecule has 1 aromatic carbocycles. The van der Waals surface area contributed by atoms with E-state index in [-0.39, 0.29) is 11.7 Å². The van der Waals surface area contributed by atoms with Crippen LogP contribution in [-0.2, 0) is 6.54 Å². The summed E-state index contributed by atoms with van der Waals surface area (Å²) in [5, 5.41) is 15.3. The minimum atomic E-state index is -0.449. The maximum atomic E-state index is 12.0. The van der Waals surface area contributed by atoms with Gasteiger partial charge in [0.2, 0.25) is 0 Å². The van der Waals surface area contributed by atoms with E-state index in [2.05, 4.69) is 10.3 Å². The number of nitrogens with zero attached hydrogens (tertiary/aromatic N) is 3. The first-order valence-electron chi connectivity index (χ1n) is 6.11. The van der Waals surface area contributed by atoms with E-state index < -0.39 is 4.92 Å². The number of nitrogens with one attached hydrogen (secondary N) is 1. The largest absolute Gasteiger partial charge is 0.322 e. The highest BCUT2D eigenvalue weighted by atomic mass is 32.1. The fourth-order valence-corrected chi connectivity index (χ4v) is 2.34. The summed E-state index contributed by atoms with van der Waals surface area (Å²) in [6.07, 6.45) is 0. The van der Waals surface area contributed by atoms with Crippen molar-refractivity contribution in [3.8, 4) is 0 Å². The number of carbonyl (C=O) groups is 1. The van der Waals surface area contributed by atoms with Crippen molar-refractivity contribution in [3.63, 3.8) is 0 Å². The molecule has 0 unspecified atom stereocenters. The van der Waals surface area contributed by atoms with Gasteiger partial charge in [-0.05, 0) is 19.1 Å². The van der Waals surface area contributed by atoms with Gasteiger partial charge in [0.25, 0.3) is 5.69 Å². The molecule has 110 valence electrons. The van der Waals surface area contributed by atoms with Crippen LogP contribution < -0.4 is 5.32 Å². The maximum absolute atomic E-state index is 12.0. The zero-order valence-corrected chi connectivity index (χ0v) is 12.4. The second-order valence-electron chi connectivity index (χ2n) is 4.52. The number of anilines is 1. The number of nitro groups is 1. The van der Waals surface area contributed by atoms with E-state index >= 15 is 0 Å². The molecular weight excluding hydrogens is 292 g/mol. The molecule has 1 N–H and O–H groups in total. The highest BCUT2D eigenvalue weighted by Gasteiger charge is 2.13. The Balaban J connectivity index is 2.02. The Kier molecular flexibility index (Phi) is 4.49. The Hall–Kier alpha value is -2.48. The van der Waals surface area contributed by atoms with E-state index in [9.17, 15) is 14.9 Å². The number of thiazole rings is 1. The molecule has 2 rings (SSSR count). The van der Waals surface area contributed by atoms with Crippen LogP contribution in [0.5, 0.6) is 0 Å². The van der Waals surface area contributed by atoms with E-state index in [4.69, 9.17) is 0 Å². The zero-order valence-electron chi connectivity index (χ0n) is 11.6. The predicted octanol–water partition coefficient (Wildman–Crippen LogP) is 3.02. The molecule has 0 atom stereocenters. The van der Waals surface area contributed by atoms with E-state index in [0.29, 0.717) is 17.8 Å². The van der Waals surface area contributed by atoms with E-state index in [1.807, 2.05) is 5.38 Å². The van der Waals surface area contributed by atoms with E-state index in [1.165, 1.54) is 28.4 Å². The molecular formula is C13H14N4O3S. The summed E-state index contributed by atoms with van der Waals surface area (Å²) in [7, 11) is 1.66. The first-order chi connectivity index (χ1) is 9.97. The van der Waals surface area contributed by atoms with Crippen LogP contribution in [-0.4, -0.2) is 27.9 Å². The Morgan fingerprint density at radius 1 is 1.52 bits per heavy atom. The summed E-state index contributed by atoms with van der Waals surface area (Å²) >= 11 is 1.47. The summed E-state index contributed by atoms with van der Waals surface area (Å²) < 4.78 is 0. The van der Waals surface area contributed by atoms with Crippen molar-refractivity contribution in [1.29, 1.82) is 0 Å². The van der Waals surface area contributed by atoms with Gasteiger partial charge >= 0.3 is 6.03 Å². The predicted molar refractivity (Wildman–Crippen MR) is 80.4 cm³/mol. The third kappa shape index (κ3) is 3.76. The third-order valence-corrected chi connectivity index (χ3v) is 3.51. The molecule has 0 fully saturated rings. The minimum Gasteiger partial charge on any atom is -0.322 e. The monoisotopic (exact) mass is 306 g/mol. The number of carbonyl (C=O) groups excluding carboxylic acids is 1. The van der Waals surface area contributed by atoms with Crippen LogP contribution in [0.3, 0.4) is 0 Å². The third-order valence-electron chi connectivity index (χ3n) is 2.87. The lowest BCUT2D eigenvalue weighted by Crippen LogP contribution is -2.30. The van der Waals surface area contributed by atoms with Crippen molar-refractivity contribution >= 4 is 28.7 Å². The van der Waals surface area contributed by atoms with Crippen LogP contribution in [0.2, 0.25) is 0 Å². The van der Waals surface area contributed by atoms with Gasteiger partial charge < -0.3 is 10.2 Å². The van der Waals surface area contributed by atoms with Gasteiger partial charge in [0, 0.05) is 29.7 Å². The summed E-state index contributed by atoms with van der Waals surface area (Å²) in [4.78, 5) is 27.9. The fraction of sp³-hybridized carbons (Fsp3) is 0.231. The number of nitro benzene ring substituents is 1. The number of hydrogen-bond donors (Lipinski definition) is 1. The molecule has 0 saturated carbocycles. The fourth-order valence-electron chi connectivity index (χ4n) is 1.79. The SMILES string of the molecule is Cc1cc(NC(=O)N(C)Cc2cscn2)ccc1[N+](=O)[O-]. The Morgan fingerprint density at radius 2 is 2.29 bits per heavy atom. The molecule has 2 amide bonds. The van der Waals surface area contributed by atoms with Crippen LogP contribution in [0.15, 0.2) is 29.1 Å². The normalized spacial score (nSPS) is 10.2. The van der Waals surface area contributed by atoms with Crippen molar-refractivity contribution in [1.82, 2.24) is 9.88 Å². The lowest BCUT2D eigenvalue weighted by Gasteiger charge is -2.17. The van der Waals surface area contributed by atoms with Gasteiger partial charge in [0.1, 0.15) is 0 Å². The van der Waals surface area contributed by atoms with E-state index in [0.717, 1.165) is 5.69 Å². The number of amides is 2. The smallest absolute Gasteiger partial charge is 0.321 e. The highest BCUT2D eigenvalue weighted by molar-refractivity contribution is 7.07. The summed E-state index contributed by atoms with van der Waals surface area (Å²) in [5.41, 5.74) is 3.58. The summed E-state index contributed by atoms with van der Waals surface area (Å²) in [5.74, 6) is 0. The zero-order chi connectivity index (χ0) is 15.4. The van der Waals surface area contributed by atoms with Gasteiger partial charge in [-0.15, -0.1) is 11.3 Å². The molecule has 1 heterocycles. The molecule has 0 spiro atoms. The molecule has 0 aliphatic carbocycles. The molecule has 2 aromatic rings. The number of aryl methyl sites for hydroxylation is 1. The molecule has 0 saturated heterocycles. The number of urea groups is 1. The number of hydrogen-bond acceptors (Lipinski definition) is 5. The lowest BCUT2D eigenvalue weighted by molar-refractivity contribution is -0.385. The quantitative estimate of drug-likeness (QED) is 0.694. The standard InChI is InChI=1S/C13H14N4O3S/c1-9-5-10(3-4-12(9)17(19)20)15-13(18)16(2)6-11-7-21-8-14-11/h3-5,7-8H,6H2,1-2H3,(H,15,18). The number of rotatable bonds is 4. The highest BCUT2D eigenvalue weighted by Crippen LogP contribution is 2.21. The van der Waals surface area contributed by atoms with Crippen LogP contribution in [0.1, 0.15) is 11.3 Å². The van der Waals surface area contributed by atoms with Gasteiger partial charge in [0.05, 0.1) is 22.7 Å². The molecule has 1 aromatic heterocycles. The summed E-state index contributed by atoms with van der Waals surface area (Å²) in [6.45, 7) is 2.04. The molecule has 0 aliphatic heterocycles. The van der Waals surface area contributed by atoms with Crippen molar-refractivity contribution in [2.24, 2.45) is 0 Å². The lowest BCUT2D eigenvalue weighted by atomic mass is 10.2. The number of benzene rings is 1. The first-order valence-corrected chi connectivity index (χ1v) is 7.06. The molecule has 7 nitrogen and oxygen atoms in total. The van der Waals surface area contributed by atoms with Gasteiger partial charge in [-0.3, -0.25) is 10.1 Å². The van der Waals surface area contributed by atoms with Crippen LogP contribution >= 0.6 is 11.3 Å². The Morgan fingerprint density at radius 3 is 2.86 bits per heavy atom. The molecule has 0 radical (unpaired) electrons. The first kappa shape index (κ1) is 14.9. The number of aromatic nitrogens is 1. The van der Waals surface area contributed by atoms with Crippen molar-refractivity contribution in [2.75, 3.05) is 12.4 Å². The van der Waals surface area contributed by atoms with Crippen molar-refractivity contribution in [2.45, 2.75) is 13.5 Å². The van der Waals surface area contributed by atoms with Crippen LogP contribution in [0, 0.1) is 17.0 Å². The van der Waals surface area contributed by atoms with Crippen molar-refractivity contribution in [3.05, 3.63) is 50.5 Å². The Bertz CT molecular complexity index is 657. The topological polar surface area (TPSA) is 88.4 Å². The van der Waals surface area contributed by atoms with Gasteiger partial charge in [-0.25, -0.2) is 9.78 Å². The Labute approximate surface area is 125 Å². The van der Waals surface area contributed by atoms with Gasteiger partial charge in [0.15, 0.2) is 0 Å². The van der Waals surface area contributed by atoms with E-state index in [1.54, 1.807) is 25.5 Å². The van der Waals surface area contributed by atoms with Crippen LogP contribution in [0.4, 0.5) is 16.2 Å². The minimum absolute atomic E-state index is 0.0313. The van der Waals surface area contributed by atoms with Crippen LogP contribution in [0.25, 0.3) is 0 Å². The van der Waals surface area contributed by atoms with Gasteiger partial charge in [-0.2, -0.15) is 0 Å². The maximum Gasteiger partial charge on any atom is 0.321 e. The summed E-state index contributed by atoms with van der Waals surface area (Å²) in [6, 6.07) is 4.17. The van der Waals surface area contributed by atoms with Crippen molar-refractivity contribution < 1.29 is 9.72 Å².